The van der Waals surface area contributed by atoms with Crippen molar-refractivity contribution in [3.05, 3.63) is 59.4 Å². The Morgan fingerprint density at radius 3 is 2.48 bits per heavy atom. The molecule has 2 fully saturated rings. The zero-order valence-electron chi connectivity index (χ0n) is 15.2. The molecule has 2 aliphatic heterocycles. The number of benzene rings is 2. The molecule has 138 valence electrons. The number of piperidine rings is 1. The highest BCUT2D eigenvalue weighted by Gasteiger charge is 2.43. The number of hydrogen-bond acceptors (Lipinski definition) is 3. The van der Waals surface area contributed by atoms with Gasteiger partial charge in [0.2, 0.25) is 0 Å². The van der Waals surface area contributed by atoms with E-state index in [1.54, 1.807) is 4.68 Å². The van der Waals surface area contributed by atoms with Crippen LogP contribution in [0.25, 0.3) is 11.0 Å². The minimum atomic E-state index is -0.200. The second kappa shape index (κ2) is 6.15. The van der Waals surface area contributed by atoms with Crippen molar-refractivity contribution in [2.24, 2.45) is 7.05 Å². The van der Waals surface area contributed by atoms with E-state index in [9.17, 15) is 9.18 Å². The number of carbonyl (C=O) groups excluding carboxylic acids is 1. The van der Waals surface area contributed by atoms with Crippen LogP contribution in [0.4, 0.5) is 4.39 Å². The van der Waals surface area contributed by atoms with Gasteiger partial charge < -0.3 is 4.90 Å². The molecule has 2 saturated heterocycles. The summed E-state index contributed by atoms with van der Waals surface area (Å²) in [6.45, 7) is 0. The van der Waals surface area contributed by atoms with Gasteiger partial charge in [0.15, 0.2) is 0 Å². The van der Waals surface area contributed by atoms with Crippen molar-refractivity contribution in [3.8, 4) is 0 Å². The van der Waals surface area contributed by atoms with Crippen molar-refractivity contribution >= 4 is 16.9 Å². The normalized spacial score (nSPS) is 24.5. The monoisotopic (exact) mass is 364 g/mol. The first-order valence-electron chi connectivity index (χ1n) is 9.48. The van der Waals surface area contributed by atoms with Crippen molar-refractivity contribution < 1.29 is 9.18 Å². The summed E-state index contributed by atoms with van der Waals surface area (Å²) >= 11 is 0. The van der Waals surface area contributed by atoms with Crippen molar-refractivity contribution in [1.82, 2.24) is 19.9 Å². The fourth-order valence-electron chi connectivity index (χ4n) is 4.84. The van der Waals surface area contributed by atoms with Crippen LogP contribution in [0.2, 0.25) is 0 Å². The molecular formula is C21H21FN4O. The van der Waals surface area contributed by atoms with Gasteiger partial charge in [0.1, 0.15) is 11.3 Å². The van der Waals surface area contributed by atoms with Crippen LogP contribution in [0.1, 0.15) is 47.5 Å². The van der Waals surface area contributed by atoms with Gasteiger partial charge in [0.05, 0.1) is 5.52 Å². The van der Waals surface area contributed by atoms with E-state index < -0.39 is 0 Å². The molecule has 1 unspecified atom stereocenters. The molecule has 0 saturated carbocycles. The highest BCUT2D eigenvalue weighted by Crippen LogP contribution is 2.43. The van der Waals surface area contributed by atoms with E-state index in [2.05, 4.69) is 15.2 Å². The van der Waals surface area contributed by atoms with E-state index in [1.807, 2.05) is 37.4 Å². The fourth-order valence-corrected chi connectivity index (χ4v) is 4.84. The Morgan fingerprint density at radius 2 is 1.78 bits per heavy atom. The Hall–Kier alpha value is -2.76. The maximum Gasteiger partial charge on any atom is 0.254 e. The predicted molar refractivity (Wildman–Crippen MR) is 99.9 cm³/mol. The summed E-state index contributed by atoms with van der Waals surface area (Å²) in [4.78, 5) is 15.3. The van der Waals surface area contributed by atoms with Crippen molar-refractivity contribution in [2.75, 3.05) is 0 Å². The Morgan fingerprint density at radius 1 is 1.07 bits per heavy atom. The molecule has 1 amide bonds. The van der Waals surface area contributed by atoms with Crippen LogP contribution in [-0.2, 0) is 7.05 Å². The summed E-state index contributed by atoms with van der Waals surface area (Å²) in [6.07, 6.45) is 3.98. The lowest BCUT2D eigenvalue weighted by Crippen LogP contribution is -2.46. The average molecular weight is 364 g/mol. The fraction of sp³-hybridized carbons (Fsp3) is 0.381. The van der Waals surface area contributed by atoms with E-state index >= 15 is 0 Å². The van der Waals surface area contributed by atoms with Crippen molar-refractivity contribution in [2.45, 2.75) is 43.7 Å². The molecule has 3 atom stereocenters. The molecule has 0 spiro atoms. The Balaban J connectivity index is 1.39. The lowest BCUT2D eigenvalue weighted by Gasteiger charge is -2.39. The third-order valence-electron chi connectivity index (χ3n) is 6.17. The van der Waals surface area contributed by atoms with Gasteiger partial charge in [-0.15, -0.1) is 5.10 Å². The SMILES string of the molecule is Cn1nnc2cc(C(=O)N3[C@@H]4CC[C@H]3CC(c3ccc(F)cc3)C4)ccc21. The average Bonchev–Trinajstić information content (AvgIpc) is 3.18. The van der Waals surface area contributed by atoms with Crippen molar-refractivity contribution in [3.63, 3.8) is 0 Å². The molecule has 6 heteroatoms. The summed E-state index contributed by atoms with van der Waals surface area (Å²) in [7, 11) is 1.84. The quantitative estimate of drug-likeness (QED) is 0.697. The number of nitrogens with zero attached hydrogens (tertiary/aromatic N) is 4. The molecule has 27 heavy (non-hydrogen) atoms. The molecule has 5 rings (SSSR count). The van der Waals surface area contributed by atoms with Gasteiger partial charge in [-0.25, -0.2) is 9.07 Å². The number of carbonyl (C=O) groups is 1. The molecule has 0 radical (unpaired) electrons. The highest BCUT2D eigenvalue weighted by atomic mass is 19.1. The Bertz CT molecular complexity index is 999. The molecule has 1 aromatic heterocycles. The molecule has 2 aromatic carbocycles. The van der Waals surface area contributed by atoms with Gasteiger partial charge in [-0.2, -0.15) is 0 Å². The van der Waals surface area contributed by atoms with Gasteiger partial charge in [-0.05, 0) is 67.5 Å². The molecule has 3 aromatic rings. The van der Waals surface area contributed by atoms with Crippen LogP contribution in [0.3, 0.4) is 0 Å². The maximum atomic E-state index is 13.2. The third kappa shape index (κ3) is 2.71. The first-order chi connectivity index (χ1) is 13.1. The zero-order chi connectivity index (χ0) is 18.5. The van der Waals surface area contributed by atoms with E-state index in [4.69, 9.17) is 0 Å². The topological polar surface area (TPSA) is 51.0 Å². The number of hydrogen-bond donors (Lipinski definition) is 0. The summed E-state index contributed by atoms with van der Waals surface area (Å²) in [6, 6.07) is 13.0. The number of amides is 1. The number of aryl methyl sites for hydroxylation is 1. The van der Waals surface area contributed by atoms with E-state index in [-0.39, 0.29) is 23.8 Å². The zero-order valence-corrected chi connectivity index (χ0v) is 15.2. The first-order valence-corrected chi connectivity index (χ1v) is 9.48. The molecule has 5 nitrogen and oxygen atoms in total. The standard InChI is InChI=1S/C21H21FN4O/c1-25-20-9-4-14(12-19(20)23-24-25)21(27)26-17-7-8-18(26)11-15(10-17)13-2-5-16(22)6-3-13/h2-6,9,12,15,17-18H,7-8,10-11H2,1H3/t15?,17-,18+. The summed E-state index contributed by atoms with van der Waals surface area (Å²) in [5.41, 5.74) is 3.53. The van der Waals surface area contributed by atoms with Gasteiger partial charge in [0.25, 0.3) is 5.91 Å². The molecule has 3 heterocycles. The lowest BCUT2D eigenvalue weighted by atomic mass is 9.85. The second-order valence-corrected chi connectivity index (χ2v) is 7.73. The maximum absolute atomic E-state index is 13.2. The van der Waals surface area contributed by atoms with Gasteiger partial charge in [-0.1, -0.05) is 17.3 Å². The number of rotatable bonds is 2. The molecule has 2 bridgehead atoms. The van der Waals surface area contributed by atoms with Crippen LogP contribution in [-0.4, -0.2) is 37.9 Å². The summed E-state index contributed by atoms with van der Waals surface area (Å²) in [5, 5.41) is 8.15. The molecule has 0 aliphatic carbocycles. The van der Waals surface area contributed by atoms with Crippen LogP contribution in [0, 0.1) is 5.82 Å². The molecular weight excluding hydrogens is 343 g/mol. The van der Waals surface area contributed by atoms with Crippen LogP contribution < -0.4 is 0 Å². The predicted octanol–water partition coefficient (Wildman–Crippen LogP) is 3.66. The van der Waals surface area contributed by atoms with Crippen LogP contribution in [0.5, 0.6) is 0 Å². The first kappa shape index (κ1) is 16.4. The van der Waals surface area contributed by atoms with Crippen LogP contribution >= 0.6 is 0 Å². The lowest BCUT2D eigenvalue weighted by molar-refractivity contribution is 0.0571. The van der Waals surface area contributed by atoms with Gasteiger partial charge >= 0.3 is 0 Å². The Labute approximate surface area is 156 Å². The van der Waals surface area contributed by atoms with Crippen molar-refractivity contribution in [1.29, 1.82) is 0 Å². The molecule has 2 aliphatic rings. The van der Waals surface area contributed by atoms with E-state index in [0.717, 1.165) is 36.7 Å². The van der Waals surface area contributed by atoms with Crippen LogP contribution in [0.15, 0.2) is 42.5 Å². The third-order valence-corrected chi connectivity index (χ3v) is 6.17. The summed E-state index contributed by atoms with van der Waals surface area (Å²) in [5.74, 6) is 0.288. The smallest absolute Gasteiger partial charge is 0.254 e. The van der Waals surface area contributed by atoms with Gasteiger partial charge in [0, 0.05) is 24.7 Å². The van der Waals surface area contributed by atoms with E-state index in [0.29, 0.717) is 11.5 Å². The second-order valence-electron chi connectivity index (χ2n) is 7.73. The Kier molecular flexibility index (Phi) is 3.74. The minimum Gasteiger partial charge on any atom is -0.333 e. The van der Waals surface area contributed by atoms with E-state index in [1.165, 1.54) is 17.7 Å². The number of halogens is 1. The minimum absolute atomic E-state index is 0.0904. The van der Waals surface area contributed by atoms with Gasteiger partial charge in [-0.3, -0.25) is 4.79 Å². The number of fused-ring (bicyclic) bond motifs is 3. The highest BCUT2D eigenvalue weighted by molar-refractivity contribution is 5.97. The largest absolute Gasteiger partial charge is 0.333 e. The summed E-state index contributed by atoms with van der Waals surface area (Å²) < 4.78 is 14.9. The number of aromatic nitrogens is 3. The molecule has 0 N–H and O–H groups in total.